The van der Waals surface area contributed by atoms with Crippen molar-refractivity contribution in [2.24, 2.45) is 5.92 Å². The van der Waals surface area contributed by atoms with E-state index in [2.05, 4.69) is 10.3 Å². The lowest BCUT2D eigenvalue weighted by Crippen LogP contribution is -2.28. The standard InChI is InChI=1S/C12H14Cl2N2O3/c1-7(2-3-11(17)18)5-16-12(19)8-4-10(14)15-6-9(8)13/h4,6-7H,2-3,5H2,1H3,(H,16,19)(H,17,18). The van der Waals surface area contributed by atoms with E-state index in [0.29, 0.717) is 13.0 Å². The first kappa shape index (κ1) is 15.7. The number of hydrogen-bond acceptors (Lipinski definition) is 3. The molecule has 0 fully saturated rings. The van der Waals surface area contributed by atoms with E-state index in [9.17, 15) is 9.59 Å². The van der Waals surface area contributed by atoms with Crippen molar-refractivity contribution < 1.29 is 14.7 Å². The van der Waals surface area contributed by atoms with Gasteiger partial charge in [0.15, 0.2) is 0 Å². The monoisotopic (exact) mass is 304 g/mol. The summed E-state index contributed by atoms with van der Waals surface area (Å²) in [6.07, 6.45) is 1.89. The van der Waals surface area contributed by atoms with Gasteiger partial charge in [-0.05, 0) is 18.4 Å². The van der Waals surface area contributed by atoms with E-state index in [1.807, 2.05) is 6.92 Å². The van der Waals surface area contributed by atoms with Crippen molar-refractivity contribution in [1.29, 1.82) is 0 Å². The third-order valence-corrected chi connectivity index (χ3v) is 3.04. The SMILES string of the molecule is CC(CCC(=O)O)CNC(=O)c1cc(Cl)ncc1Cl. The fourth-order valence-corrected chi connectivity index (χ4v) is 1.77. The minimum atomic E-state index is -0.845. The maximum absolute atomic E-state index is 11.9. The van der Waals surface area contributed by atoms with Crippen LogP contribution in [0.1, 0.15) is 30.1 Å². The maximum Gasteiger partial charge on any atom is 0.303 e. The summed E-state index contributed by atoms with van der Waals surface area (Å²) >= 11 is 11.5. The Hall–Kier alpha value is -1.33. The zero-order valence-electron chi connectivity index (χ0n) is 10.3. The molecule has 1 rings (SSSR count). The molecule has 1 heterocycles. The minimum absolute atomic E-state index is 0.0659. The molecule has 0 aliphatic carbocycles. The number of aromatic nitrogens is 1. The Morgan fingerprint density at radius 1 is 1.47 bits per heavy atom. The number of halogens is 2. The number of amides is 1. The minimum Gasteiger partial charge on any atom is -0.481 e. The highest BCUT2D eigenvalue weighted by atomic mass is 35.5. The van der Waals surface area contributed by atoms with Gasteiger partial charge < -0.3 is 10.4 Å². The number of rotatable bonds is 6. The van der Waals surface area contributed by atoms with Gasteiger partial charge in [0.2, 0.25) is 0 Å². The van der Waals surface area contributed by atoms with Crippen LogP contribution >= 0.6 is 23.2 Å². The molecule has 1 atom stereocenters. The highest BCUT2D eigenvalue weighted by molar-refractivity contribution is 6.35. The van der Waals surface area contributed by atoms with Gasteiger partial charge in [0.25, 0.3) is 5.91 Å². The van der Waals surface area contributed by atoms with Crippen molar-refractivity contribution in [3.8, 4) is 0 Å². The molecule has 19 heavy (non-hydrogen) atoms. The number of carboxylic acids is 1. The lowest BCUT2D eigenvalue weighted by Gasteiger charge is -2.12. The largest absolute Gasteiger partial charge is 0.481 e. The summed E-state index contributed by atoms with van der Waals surface area (Å²) in [6, 6.07) is 1.39. The maximum atomic E-state index is 11.9. The van der Waals surface area contributed by atoms with Crippen molar-refractivity contribution in [2.45, 2.75) is 19.8 Å². The second kappa shape index (κ2) is 7.31. The third-order valence-electron chi connectivity index (χ3n) is 2.53. The summed E-state index contributed by atoms with van der Waals surface area (Å²) in [7, 11) is 0. The quantitative estimate of drug-likeness (QED) is 0.792. The van der Waals surface area contributed by atoms with Crippen LogP contribution in [0.5, 0.6) is 0 Å². The predicted octanol–water partition coefficient (Wildman–Crippen LogP) is 2.62. The molecule has 7 heteroatoms. The number of carbonyl (C=O) groups excluding carboxylic acids is 1. The molecular formula is C12H14Cl2N2O3. The Morgan fingerprint density at radius 3 is 2.79 bits per heavy atom. The average Bonchev–Trinajstić information content (AvgIpc) is 2.36. The van der Waals surface area contributed by atoms with E-state index in [-0.39, 0.29) is 34.0 Å². The number of carboxylic acid groups (broad SMARTS) is 1. The zero-order valence-corrected chi connectivity index (χ0v) is 11.8. The van der Waals surface area contributed by atoms with E-state index in [1.54, 1.807) is 0 Å². The van der Waals surface area contributed by atoms with Gasteiger partial charge in [-0.3, -0.25) is 9.59 Å². The van der Waals surface area contributed by atoms with Crippen molar-refractivity contribution >= 4 is 35.1 Å². The van der Waals surface area contributed by atoms with Crippen LogP contribution in [0.4, 0.5) is 0 Å². The van der Waals surface area contributed by atoms with Crippen LogP contribution < -0.4 is 5.32 Å². The molecule has 0 saturated carbocycles. The van der Waals surface area contributed by atoms with Gasteiger partial charge in [0.05, 0.1) is 10.6 Å². The smallest absolute Gasteiger partial charge is 0.303 e. The number of aliphatic carboxylic acids is 1. The summed E-state index contributed by atoms with van der Waals surface area (Å²) in [5, 5.41) is 11.7. The summed E-state index contributed by atoms with van der Waals surface area (Å²) in [4.78, 5) is 26.0. The topological polar surface area (TPSA) is 79.3 Å². The third kappa shape index (κ3) is 5.44. The molecule has 0 aliphatic heterocycles. The molecule has 1 aromatic heterocycles. The number of hydrogen-bond donors (Lipinski definition) is 2. The normalized spacial score (nSPS) is 11.9. The summed E-state index contributed by atoms with van der Waals surface area (Å²) in [5.41, 5.74) is 0.257. The predicted molar refractivity (Wildman–Crippen MR) is 72.6 cm³/mol. The molecule has 0 aromatic carbocycles. The van der Waals surface area contributed by atoms with Crippen molar-refractivity contribution in [1.82, 2.24) is 10.3 Å². The van der Waals surface area contributed by atoms with Crippen LogP contribution in [-0.4, -0.2) is 28.5 Å². The first-order valence-electron chi connectivity index (χ1n) is 5.71. The molecule has 0 spiro atoms. The van der Waals surface area contributed by atoms with Crippen LogP contribution in [-0.2, 0) is 4.79 Å². The molecule has 0 bridgehead atoms. The van der Waals surface area contributed by atoms with Gasteiger partial charge in [-0.15, -0.1) is 0 Å². The Balaban J connectivity index is 2.51. The molecule has 1 aromatic rings. The van der Waals surface area contributed by atoms with Crippen LogP contribution in [0.2, 0.25) is 10.2 Å². The molecule has 1 unspecified atom stereocenters. The van der Waals surface area contributed by atoms with E-state index in [4.69, 9.17) is 28.3 Å². The number of nitrogens with one attached hydrogen (secondary N) is 1. The van der Waals surface area contributed by atoms with Crippen molar-refractivity contribution in [3.05, 3.63) is 28.0 Å². The number of pyridine rings is 1. The van der Waals surface area contributed by atoms with Crippen molar-refractivity contribution in [3.63, 3.8) is 0 Å². The molecule has 2 N–H and O–H groups in total. The lowest BCUT2D eigenvalue weighted by atomic mass is 10.1. The van der Waals surface area contributed by atoms with Crippen LogP contribution in [0.3, 0.4) is 0 Å². The zero-order chi connectivity index (χ0) is 14.4. The first-order chi connectivity index (χ1) is 8.90. The Bertz CT molecular complexity index is 480. The van der Waals surface area contributed by atoms with E-state index >= 15 is 0 Å². The molecule has 1 amide bonds. The summed E-state index contributed by atoms with van der Waals surface area (Å²) < 4.78 is 0. The molecule has 0 radical (unpaired) electrons. The summed E-state index contributed by atoms with van der Waals surface area (Å²) in [5.74, 6) is -1.13. The highest BCUT2D eigenvalue weighted by Crippen LogP contribution is 2.18. The van der Waals surface area contributed by atoms with Gasteiger partial charge in [0, 0.05) is 19.2 Å². The van der Waals surface area contributed by atoms with E-state index in [0.717, 1.165) is 0 Å². The summed E-state index contributed by atoms with van der Waals surface area (Å²) in [6.45, 7) is 2.24. The fraction of sp³-hybridized carbons (Fsp3) is 0.417. The average molecular weight is 305 g/mol. The van der Waals surface area contributed by atoms with Crippen LogP contribution in [0.25, 0.3) is 0 Å². The van der Waals surface area contributed by atoms with Crippen molar-refractivity contribution in [2.75, 3.05) is 6.54 Å². The lowest BCUT2D eigenvalue weighted by molar-refractivity contribution is -0.137. The molecule has 5 nitrogen and oxygen atoms in total. The Kier molecular flexibility index (Phi) is 6.05. The highest BCUT2D eigenvalue weighted by Gasteiger charge is 2.13. The molecule has 0 saturated heterocycles. The Labute approximate surface area is 120 Å². The van der Waals surface area contributed by atoms with Crippen LogP contribution in [0, 0.1) is 5.92 Å². The van der Waals surface area contributed by atoms with E-state index < -0.39 is 5.97 Å². The Morgan fingerprint density at radius 2 is 2.16 bits per heavy atom. The first-order valence-corrected chi connectivity index (χ1v) is 6.46. The molecule has 104 valence electrons. The molecule has 0 aliphatic rings. The second-order valence-electron chi connectivity index (χ2n) is 4.23. The van der Waals surface area contributed by atoms with Gasteiger partial charge >= 0.3 is 5.97 Å². The van der Waals surface area contributed by atoms with Crippen LogP contribution in [0.15, 0.2) is 12.3 Å². The number of nitrogens with zero attached hydrogens (tertiary/aromatic N) is 1. The van der Waals surface area contributed by atoms with Gasteiger partial charge in [-0.1, -0.05) is 30.1 Å². The van der Waals surface area contributed by atoms with Gasteiger partial charge in [0.1, 0.15) is 5.15 Å². The van der Waals surface area contributed by atoms with E-state index in [1.165, 1.54) is 12.3 Å². The van der Waals surface area contributed by atoms with Gasteiger partial charge in [-0.25, -0.2) is 4.98 Å². The second-order valence-corrected chi connectivity index (χ2v) is 5.03. The fourth-order valence-electron chi connectivity index (χ4n) is 1.42. The molecular weight excluding hydrogens is 291 g/mol. The van der Waals surface area contributed by atoms with Gasteiger partial charge in [-0.2, -0.15) is 0 Å². The number of carbonyl (C=O) groups is 2.